The van der Waals surface area contributed by atoms with E-state index in [0.717, 1.165) is 145 Å². The van der Waals surface area contributed by atoms with Crippen molar-refractivity contribution in [3.63, 3.8) is 0 Å². The van der Waals surface area contributed by atoms with Crippen molar-refractivity contribution in [3.8, 4) is 22.5 Å². The average molecular weight is 1240 g/mol. The molecule has 2 aromatic heterocycles. The lowest BCUT2D eigenvalue weighted by Gasteiger charge is -2.36. The molecule has 6 nitrogen and oxygen atoms in total. The molecule has 2 heterocycles. The van der Waals surface area contributed by atoms with Crippen molar-refractivity contribution in [2.24, 2.45) is 0 Å². The van der Waals surface area contributed by atoms with E-state index in [9.17, 15) is 0 Å². The van der Waals surface area contributed by atoms with Crippen LogP contribution in [0.25, 0.3) is 76.4 Å². The molecule has 0 spiro atoms. The fourth-order valence-electron chi connectivity index (χ4n) is 14.2. The van der Waals surface area contributed by atoms with E-state index in [4.69, 9.17) is 9.97 Å². The second-order valence-corrected chi connectivity index (χ2v) is 26.1. The standard InChI is InChI=1S/C90H72N6/c1-57-17-33-67(34-18-57)93(68-35-19-58(2)20-36-68)81-55-83(95(71-41-25-61(5)26-42-71)72-43-27-62(6)28-44-72)85-80(90-76-16-12-10-14-66(76)50-52-92-90)54-78-82(94(69-37-21-59(3)22-38-69)70-39-23-60(4)24-40-70)56-84(96(73-45-29-63(7)30-46-73)74-47-31-64(8)32-48-74)86-79(53-77(81)87(85)88(78)86)89-75-15-11-9-13-65(75)49-51-91-89/h9-56H,1-8H3. The van der Waals surface area contributed by atoms with Crippen LogP contribution in [-0.4, -0.2) is 9.97 Å². The molecule has 16 rings (SSSR count). The lowest BCUT2D eigenvalue weighted by atomic mass is 9.82. The average Bonchev–Trinajstić information content (AvgIpc) is 0.684. The summed E-state index contributed by atoms with van der Waals surface area (Å²) in [4.78, 5) is 21.2. The van der Waals surface area contributed by atoms with Crippen molar-refractivity contribution >= 4 is 122 Å². The summed E-state index contributed by atoms with van der Waals surface area (Å²) in [5.74, 6) is 0. The third-order valence-electron chi connectivity index (χ3n) is 19.2. The molecule has 0 radical (unpaired) electrons. The molecule has 96 heavy (non-hydrogen) atoms. The first-order valence-corrected chi connectivity index (χ1v) is 33.2. The third-order valence-corrected chi connectivity index (χ3v) is 19.2. The van der Waals surface area contributed by atoms with Gasteiger partial charge in [-0.1, -0.05) is 190 Å². The highest BCUT2D eigenvalue weighted by molar-refractivity contribution is 6.38. The molecule has 14 aromatic carbocycles. The van der Waals surface area contributed by atoms with Gasteiger partial charge in [-0.25, -0.2) is 0 Å². The summed E-state index contributed by atoms with van der Waals surface area (Å²) in [6.45, 7) is 17.4. The molecular formula is C90H72N6. The van der Waals surface area contributed by atoms with Crippen molar-refractivity contribution in [3.05, 3.63) is 336 Å². The smallest absolute Gasteiger partial charge is 0.0787 e. The van der Waals surface area contributed by atoms with E-state index in [1.807, 2.05) is 12.4 Å². The van der Waals surface area contributed by atoms with E-state index in [0.29, 0.717) is 0 Å². The van der Waals surface area contributed by atoms with E-state index in [-0.39, 0.29) is 0 Å². The number of fused-ring (bicyclic) bond motifs is 2. The molecule has 0 amide bonds. The molecule has 0 N–H and O–H groups in total. The predicted octanol–water partition coefficient (Wildman–Crippen LogP) is 25.4. The first-order chi connectivity index (χ1) is 46.9. The second kappa shape index (κ2) is 24.2. The van der Waals surface area contributed by atoms with Crippen LogP contribution in [0.3, 0.4) is 0 Å². The van der Waals surface area contributed by atoms with Crippen molar-refractivity contribution in [2.45, 2.75) is 55.4 Å². The van der Waals surface area contributed by atoms with Crippen LogP contribution in [0, 0.1) is 55.4 Å². The minimum absolute atomic E-state index is 0.886. The van der Waals surface area contributed by atoms with Gasteiger partial charge in [-0.3, -0.25) is 9.97 Å². The van der Waals surface area contributed by atoms with Crippen LogP contribution in [-0.2, 0) is 0 Å². The van der Waals surface area contributed by atoms with E-state index < -0.39 is 0 Å². The van der Waals surface area contributed by atoms with Gasteiger partial charge in [-0.15, -0.1) is 0 Å². The lowest BCUT2D eigenvalue weighted by Crippen LogP contribution is -2.17. The van der Waals surface area contributed by atoms with Gasteiger partial charge in [0.15, 0.2) is 0 Å². The van der Waals surface area contributed by atoms with E-state index >= 15 is 0 Å². The topological polar surface area (TPSA) is 38.7 Å². The van der Waals surface area contributed by atoms with Gasteiger partial charge >= 0.3 is 0 Å². The highest BCUT2D eigenvalue weighted by Crippen LogP contribution is 2.59. The molecule has 0 saturated heterocycles. The molecule has 0 unspecified atom stereocenters. The number of aryl methyl sites for hydroxylation is 8. The summed E-state index contributed by atoms with van der Waals surface area (Å²) in [5, 5.41) is 10.7. The highest BCUT2D eigenvalue weighted by atomic mass is 15.2. The molecule has 0 saturated carbocycles. The van der Waals surface area contributed by atoms with Gasteiger partial charge in [0, 0.05) is 112 Å². The minimum atomic E-state index is 0.886. The summed E-state index contributed by atoms with van der Waals surface area (Å²) in [7, 11) is 0. The number of anilines is 12. The Bertz CT molecular complexity index is 5030. The first-order valence-electron chi connectivity index (χ1n) is 33.2. The molecule has 0 bridgehead atoms. The van der Waals surface area contributed by atoms with Crippen LogP contribution in [0.1, 0.15) is 44.5 Å². The maximum Gasteiger partial charge on any atom is 0.0787 e. The van der Waals surface area contributed by atoms with E-state index in [1.54, 1.807) is 0 Å². The summed E-state index contributed by atoms with van der Waals surface area (Å²) in [6, 6.07) is 104. The number of hydrogen-bond donors (Lipinski definition) is 0. The molecule has 462 valence electrons. The molecule has 0 atom stereocenters. The molecule has 6 heteroatoms. The van der Waals surface area contributed by atoms with Crippen molar-refractivity contribution in [1.82, 2.24) is 9.97 Å². The van der Waals surface area contributed by atoms with Crippen LogP contribution >= 0.6 is 0 Å². The Labute approximate surface area is 562 Å². The predicted molar refractivity (Wildman–Crippen MR) is 408 cm³/mol. The Kier molecular flexibility index (Phi) is 14.9. The Morgan fingerprint density at radius 1 is 0.208 bits per heavy atom. The number of hydrogen-bond acceptors (Lipinski definition) is 6. The minimum Gasteiger partial charge on any atom is -0.310 e. The van der Waals surface area contributed by atoms with Crippen LogP contribution in [0.2, 0.25) is 0 Å². The maximum atomic E-state index is 5.61. The monoisotopic (exact) mass is 1240 g/mol. The second-order valence-electron chi connectivity index (χ2n) is 26.1. The Balaban J connectivity index is 1.23. The summed E-state index contributed by atoms with van der Waals surface area (Å²) in [5.41, 5.74) is 25.4. The fourth-order valence-corrected chi connectivity index (χ4v) is 14.2. The van der Waals surface area contributed by atoms with Crippen molar-refractivity contribution < 1.29 is 0 Å². The molecule has 0 aliphatic rings. The Hall–Kier alpha value is -11.9. The van der Waals surface area contributed by atoms with Gasteiger partial charge in [0.1, 0.15) is 0 Å². The zero-order chi connectivity index (χ0) is 65.3. The zero-order valence-corrected chi connectivity index (χ0v) is 55.4. The van der Waals surface area contributed by atoms with Gasteiger partial charge in [-0.2, -0.15) is 0 Å². The summed E-state index contributed by atoms with van der Waals surface area (Å²) < 4.78 is 0. The van der Waals surface area contributed by atoms with Crippen LogP contribution in [0.5, 0.6) is 0 Å². The fraction of sp³-hybridized carbons (Fsp3) is 0.0889. The van der Waals surface area contributed by atoms with Crippen molar-refractivity contribution in [1.29, 1.82) is 0 Å². The van der Waals surface area contributed by atoms with E-state index in [1.165, 1.54) is 44.5 Å². The Morgan fingerprint density at radius 2 is 0.438 bits per heavy atom. The lowest BCUT2D eigenvalue weighted by molar-refractivity contribution is 1.25. The highest BCUT2D eigenvalue weighted by Gasteiger charge is 2.34. The van der Waals surface area contributed by atoms with E-state index in [2.05, 4.69) is 354 Å². The van der Waals surface area contributed by atoms with Crippen LogP contribution < -0.4 is 19.6 Å². The van der Waals surface area contributed by atoms with Crippen molar-refractivity contribution in [2.75, 3.05) is 19.6 Å². The SMILES string of the molecule is Cc1ccc(N(c2ccc(C)cc2)c2cc(N(c3ccc(C)cc3)c3ccc(C)cc3)c3c(-c4nccc5ccccc45)cc4c(N(c5ccc(C)cc5)c5ccc(C)cc5)cc(N(c5ccc(C)cc5)c5ccc(C)cc5)c5c(-c6nccc7ccccc67)cc2c3c45)cc1. The quantitative estimate of drug-likeness (QED) is 0.101. The van der Waals surface area contributed by atoms with Gasteiger partial charge in [0.25, 0.3) is 0 Å². The molecule has 0 aliphatic carbocycles. The molecular weight excluding hydrogens is 1170 g/mol. The number of nitrogens with zero attached hydrogens (tertiary/aromatic N) is 6. The third kappa shape index (κ3) is 10.6. The molecule has 0 aliphatic heterocycles. The maximum absolute atomic E-state index is 5.61. The molecule has 0 fully saturated rings. The van der Waals surface area contributed by atoms with Gasteiger partial charge in [0.05, 0.1) is 34.1 Å². The largest absolute Gasteiger partial charge is 0.310 e. The normalized spacial score (nSPS) is 11.5. The number of rotatable bonds is 14. The Morgan fingerprint density at radius 3 is 0.688 bits per heavy atom. The first kappa shape index (κ1) is 59.2. The summed E-state index contributed by atoms with van der Waals surface area (Å²) >= 11 is 0. The van der Waals surface area contributed by atoms with Crippen LogP contribution in [0.4, 0.5) is 68.2 Å². The number of aromatic nitrogens is 2. The van der Waals surface area contributed by atoms with Gasteiger partial charge < -0.3 is 19.6 Å². The van der Waals surface area contributed by atoms with Gasteiger partial charge in [-0.05, 0) is 200 Å². The number of pyridine rings is 2. The number of benzene rings is 14. The van der Waals surface area contributed by atoms with Gasteiger partial charge in [0.2, 0.25) is 0 Å². The summed E-state index contributed by atoms with van der Waals surface area (Å²) in [6.07, 6.45) is 3.99. The zero-order valence-electron chi connectivity index (χ0n) is 55.4. The van der Waals surface area contributed by atoms with Crippen LogP contribution in [0.15, 0.2) is 291 Å². The molecule has 16 aromatic rings.